The van der Waals surface area contributed by atoms with E-state index in [1.807, 2.05) is 6.92 Å². The molecule has 0 spiro atoms. The fourth-order valence-electron chi connectivity index (χ4n) is 3.11. The summed E-state index contributed by atoms with van der Waals surface area (Å²) >= 11 is 0. The minimum atomic E-state index is -4.59. The minimum Gasteiger partial charge on any atom is -0.744 e. The van der Waals surface area contributed by atoms with E-state index in [2.05, 4.69) is 4.84 Å². The van der Waals surface area contributed by atoms with E-state index >= 15 is 0 Å². The molecule has 0 bridgehead atoms. The molecule has 3 atom stereocenters. The van der Waals surface area contributed by atoms with Gasteiger partial charge >= 0.3 is 41.5 Å². The van der Waals surface area contributed by atoms with E-state index in [4.69, 9.17) is 15.7 Å². The van der Waals surface area contributed by atoms with E-state index in [1.54, 1.807) is 13.8 Å². The number of carbonyl (C=O) groups is 2. The second-order valence-corrected chi connectivity index (χ2v) is 8.65. The monoisotopic (exact) mass is 453 g/mol. The number of nitrogens with two attached hydrogens (primary N) is 1. The maximum atomic E-state index is 12.5. The topological polar surface area (TPSA) is 156 Å². The Kier molecular flexibility index (Phi) is 12.3. The molecular formula is C19H28NNaO8S. The predicted molar refractivity (Wildman–Crippen MR) is 102 cm³/mol. The number of hydrogen-bond donors (Lipinski definition) is 2. The maximum Gasteiger partial charge on any atom is 1.00 e. The van der Waals surface area contributed by atoms with Crippen LogP contribution in [0.1, 0.15) is 51.5 Å². The molecule has 0 aliphatic heterocycles. The van der Waals surface area contributed by atoms with Crippen molar-refractivity contribution in [3.05, 3.63) is 29.8 Å². The van der Waals surface area contributed by atoms with Crippen molar-refractivity contribution in [2.45, 2.75) is 50.8 Å². The largest absolute Gasteiger partial charge is 1.00 e. The third kappa shape index (κ3) is 8.26. The van der Waals surface area contributed by atoms with Crippen LogP contribution in [-0.4, -0.2) is 43.2 Å². The van der Waals surface area contributed by atoms with Crippen molar-refractivity contribution in [3.8, 4) is 0 Å². The van der Waals surface area contributed by atoms with Crippen molar-refractivity contribution in [3.63, 3.8) is 0 Å². The molecule has 0 aliphatic rings. The van der Waals surface area contributed by atoms with Gasteiger partial charge in [0, 0.05) is 0 Å². The van der Waals surface area contributed by atoms with E-state index in [-0.39, 0.29) is 60.0 Å². The van der Waals surface area contributed by atoms with E-state index in [1.165, 1.54) is 24.3 Å². The summed E-state index contributed by atoms with van der Waals surface area (Å²) in [7, 11) is -4.59. The van der Waals surface area contributed by atoms with Gasteiger partial charge in [0.25, 0.3) is 0 Å². The van der Waals surface area contributed by atoms with E-state index in [0.717, 1.165) is 0 Å². The first-order chi connectivity index (χ1) is 13.5. The summed E-state index contributed by atoms with van der Waals surface area (Å²) in [6, 6.07) is 5.38. The van der Waals surface area contributed by atoms with Gasteiger partial charge in [0.2, 0.25) is 0 Å². The number of esters is 1. The van der Waals surface area contributed by atoms with Crippen molar-refractivity contribution < 1.29 is 66.8 Å². The van der Waals surface area contributed by atoms with Crippen LogP contribution in [0.3, 0.4) is 0 Å². The predicted octanol–water partition coefficient (Wildman–Crippen LogP) is -1.54. The first-order valence-corrected chi connectivity index (χ1v) is 10.6. The second-order valence-electron chi connectivity index (χ2n) is 7.27. The summed E-state index contributed by atoms with van der Waals surface area (Å²) in [4.78, 5) is 28.2. The van der Waals surface area contributed by atoms with Crippen LogP contribution in [0.15, 0.2) is 29.2 Å². The van der Waals surface area contributed by atoms with E-state index < -0.39 is 33.4 Å². The molecule has 0 amide bonds. The van der Waals surface area contributed by atoms with Crippen molar-refractivity contribution in [2.24, 2.45) is 17.2 Å². The molecule has 1 aromatic carbocycles. The molecule has 1 aromatic rings. The number of ether oxygens (including phenoxy) is 1. The summed E-state index contributed by atoms with van der Waals surface area (Å²) in [6.07, 6.45) is 1.01. The molecular weight excluding hydrogens is 425 g/mol. The maximum absolute atomic E-state index is 12.5. The Hall–Kier alpha value is -1.01. The number of aliphatic hydroxyl groups is 1. The van der Waals surface area contributed by atoms with E-state index in [9.17, 15) is 22.6 Å². The molecule has 3 unspecified atom stereocenters. The number of carbonyl (C=O) groups excluding carboxylic acids is 2. The van der Waals surface area contributed by atoms with Gasteiger partial charge in [-0.05, 0) is 49.8 Å². The van der Waals surface area contributed by atoms with Crippen LogP contribution in [0.5, 0.6) is 0 Å². The molecule has 30 heavy (non-hydrogen) atoms. The van der Waals surface area contributed by atoms with Crippen molar-refractivity contribution in [1.29, 1.82) is 0 Å². The van der Waals surface area contributed by atoms with Gasteiger partial charge < -0.3 is 19.2 Å². The molecule has 0 aliphatic carbocycles. The average molecular weight is 453 g/mol. The fraction of sp³-hybridized carbons (Fsp3) is 0.579. The Balaban J connectivity index is 0.00000841. The van der Waals surface area contributed by atoms with Gasteiger partial charge in [0.1, 0.15) is 16.7 Å². The Morgan fingerprint density at radius 1 is 1.27 bits per heavy atom. The summed E-state index contributed by atoms with van der Waals surface area (Å²) in [5, 5.41) is 8.90. The van der Waals surface area contributed by atoms with Gasteiger partial charge in [-0.3, -0.25) is 9.59 Å². The molecule has 0 saturated heterocycles. The SMILES string of the molecule is CCC(C)(CC(CC(C)C(=O)ON)c1ccc(S(=O)(=O)[O-])cc1)C(=O)OCCO.[Na+]. The van der Waals surface area contributed by atoms with E-state index in [0.29, 0.717) is 18.4 Å². The Labute approximate surface area is 199 Å². The average Bonchev–Trinajstić information content (AvgIpc) is 2.69. The third-order valence-electron chi connectivity index (χ3n) is 5.09. The molecule has 0 fully saturated rings. The molecule has 164 valence electrons. The number of rotatable bonds is 11. The summed E-state index contributed by atoms with van der Waals surface area (Å²) in [6.45, 7) is 4.76. The second kappa shape index (κ2) is 12.7. The molecule has 3 N–H and O–H groups in total. The quantitative estimate of drug-likeness (QED) is 0.175. The van der Waals surface area contributed by atoms with Crippen LogP contribution in [0.2, 0.25) is 0 Å². The summed E-state index contributed by atoms with van der Waals surface area (Å²) in [5.41, 5.74) is -0.251. The van der Waals surface area contributed by atoms with Gasteiger partial charge in [-0.25, -0.2) is 8.42 Å². The minimum absolute atomic E-state index is 0. The Morgan fingerprint density at radius 3 is 2.27 bits per heavy atom. The van der Waals surface area contributed by atoms with Crippen LogP contribution in [0, 0.1) is 11.3 Å². The van der Waals surface area contributed by atoms with Gasteiger partial charge in [0.05, 0.1) is 22.8 Å². The zero-order valence-corrected chi connectivity index (χ0v) is 20.6. The Morgan fingerprint density at radius 2 is 1.83 bits per heavy atom. The van der Waals surface area contributed by atoms with Gasteiger partial charge in [-0.2, -0.15) is 5.90 Å². The standard InChI is InChI=1S/C19H29NO8S.Na/c1-4-19(3,18(23)27-10-9-21)12-15(11-13(2)17(22)28-20)14-5-7-16(8-6-14)29(24,25)26;/h5-8,13,15,21H,4,9-12,20H2,1-3H3,(H,24,25,26);/q;+1/p-1. The van der Waals surface area contributed by atoms with Crippen molar-refractivity contribution in [2.75, 3.05) is 13.2 Å². The van der Waals surface area contributed by atoms with Crippen molar-refractivity contribution in [1.82, 2.24) is 0 Å². The first-order valence-electron chi connectivity index (χ1n) is 9.23. The van der Waals surface area contributed by atoms with Crippen LogP contribution in [0.4, 0.5) is 0 Å². The van der Waals surface area contributed by atoms with Gasteiger partial charge in [-0.1, -0.05) is 26.0 Å². The zero-order chi connectivity index (χ0) is 22.2. The molecule has 0 aromatic heterocycles. The number of hydrogen-bond acceptors (Lipinski definition) is 9. The molecule has 0 radical (unpaired) electrons. The van der Waals surface area contributed by atoms with Crippen LogP contribution < -0.4 is 35.5 Å². The molecule has 0 saturated carbocycles. The normalized spacial score (nSPS) is 15.3. The summed E-state index contributed by atoms with van der Waals surface area (Å²) < 4.78 is 38.6. The molecule has 11 heteroatoms. The fourth-order valence-corrected chi connectivity index (χ4v) is 3.58. The molecule has 0 heterocycles. The third-order valence-corrected chi connectivity index (χ3v) is 5.94. The zero-order valence-electron chi connectivity index (χ0n) is 17.8. The number of benzene rings is 1. The number of aliphatic hydroxyl groups excluding tert-OH is 1. The van der Waals surface area contributed by atoms with Crippen LogP contribution in [-0.2, 0) is 29.3 Å². The molecule has 9 nitrogen and oxygen atoms in total. The smallest absolute Gasteiger partial charge is 0.744 e. The molecule has 1 rings (SSSR count). The van der Waals surface area contributed by atoms with Crippen LogP contribution in [0.25, 0.3) is 0 Å². The van der Waals surface area contributed by atoms with Crippen LogP contribution >= 0.6 is 0 Å². The first kappa shape index (κ1) is 29.0. The van der Waals surface area contributed by atoms with Gasteiger partial charge in [0.15, 0.2) is 0 Å². The van der Waals surface area contributed by atoms with Gasteiger partial charge in [-0.15, -0.1) is 0 Å². The Bertz CT molecular complexity index is 799. The van der Waals surface area contributed by atoms with Crippen molar-refractivity contribution >= 4 is 22.1 Å². The summed E-state index contributed by atoms with van der Waals surface area (Å²) in [5.74, 6) is 2.94.